The lowest BCUT2D eigenvalue weighted by atomic mass is 11.0. The third-order valence-electron chi connectivity index (χ3n) is 1.16. The molecule has 0 aliphatic rings. The van der Waals surface area contributed by atoms with Gasteiger partial charge in [-0.1, -0.05) is 4.52 Å². The van der Waals surface area contributed by atoms with Crippen molar-refractivity contribution in [1.82, 2.24) is 24.8 Å². The van der Waals surface area contributed by atoms with Gasteiger partial charge in [0.1, 0.15) is 6.33 Å². The van der Waals surface area contributed by atoms with E-state index in [1.165, 1.54) is 6.33 Å². The topological polar surface area (TPSA) is 102 Å². The first-order valence-corrected chi connectivity index (χ1v) is 2.68. The molecule has 0 saturated carbocycles. The van der Waals surface area contributed by atoms with E-state index in [0.717, 1.165) is 4.52 Å². The number of H-pyrrole nitrogens is 1. The van der Waals surface area contributed by atoms with Crippen LogP contribution in [0.15, 0.2) is 6.33 Å². The summed E-state index contributed by atoms with van der Waals surface area (Å²) in [6, 6.07) is 0. The highest BCUT2D eigenvalue weighted by Crippen LogP contribution is 2.04. The lowest BCUT2D eigenvalue weighted by Gasteiger charge is -1.85. The van der Waals surface area contributed by atoms with E-state index in [9.17, 15) is 10.1 Å². The Kier molecular flexibility index (Phi) is 0.916. The van der Waals surface area contributed by atoms with Crippen LogP contribution in [-0.4, -0.2) is 29.7 Å². The standard InChI is InChI=1S/C3H2N6O2/c10-9(11)3-7-6-2-4-1-5-8(2)3/h1H,(H,4,5,6). The lowest BCUT2D eigenvalue weighted by Crippen LogP contribution is -1.95. The van der Waals surface area contributed by atoms with Crippen LogP contribution in [0, 0.1) is 10.1 Å². The zero-order chi connectivity index (χ0) is 7.84. The van der Waals surface area contributed by atoms with Gasteiger partial charge in [0.2, 0.25) is 0 Å². The van der Waals surface area contributed by atoms with E-state index >= 15 is 0 Å². The summed E-state index contributed by atoms with van der Waals surface area (Å²) in [5, 5.41) is 19.4. The van der Waals surface area contributed by atoms with Crippen LogP contribution in [0.3, 0.4) is 0 Å². The minimum absolute atomic E-state index is 0.191. The first kappa shape index (κ1) is 5.77. The highest BCUT2D eigenvalue weighted by Gasteiger charge is 2.17. The van der Waals surface area contributed by atoms with E-state index in [4.69, 9.17) is 0 Å². The first-order chi connectivity index (χ1) is 5.29. The van der Waals surface area contributed by atoms with Gasteiger partial charge < -0.3 is 10.1 Å². The first-order valence-electron chi connectivity index (χ1n) is 2.68. The van der Waals surface area contributed by atoms with Gasteiger partial charge in [-0.3, -0.25) is 0 Å². The van der Waals surface area contributed by atoms with Gasteiger partial charge in [-0.25, -0.2) is 5.10 Å². The summed E-state index contributed by atoms with van der Waals surface area (Å²) in [5.41, 5.74) is 0. The third-order valence-corrected chi connectivity index (χ3v) is 1.16. The Hall–Kier alpha value is -1.99. The van der Waals surface area contributed by atoms with Crippen molar-refractivity contribution in [3.8, 4) is 0 Å². The summed E-state index contributed by atoms with van der Waals surface area (Å²) in [5.74, 6) is -0.172. The normalized spacial score (nSPS) is 10.5. The molecular weight excluding hydrogens is 152 g/mol. The molecule has 11 heavy (non-hydrogen) atoms. The van der Waals surface area contributed by atoms with E-state index in [0.29, 0.717) is 0 Å². The van der Waals surface area contributed by atoms with Crippen molar-refractivity contribution >= 4 is 11.7 Å². The molecule has 0 aliphatic heterocycles. The number of fused-ring (bicyclic) bond motifs is 1. The molecule has 0 atom stereocenters. The second-order valence-electron chi connectivity index (χ2n) is 1.78. The second kappa shape index (κ2) is 1.75. The highest BCUT2D eigenvalue weighted by atomic mass is 16.6. The molecule has 0 amide bonds. The smallest absolute Gasteiger partial charge is 0.390 e. The van der Waals surface area contributed by atoms with E-state index < -0.39 is 4.92 Å². The van der Waals surface area contributed by atoms with Gasteiger partial charge in [-0.05, 0) is 10.0 Å². The summed E-state index contributed by atoms with van der Waals surface area (Å²) < 4.78 is 1.08. The summed E-state index contributed by atoms with van der Waals surface area (Å²) in [7, 11) is 0. The Morgan fingerprint density at radius 1 is 1.64 bits per heavy atom. The van der Waals surface area contributed by atoms with E-state index in [1.54, 1.807) is 0 Å². The Labute approximate surface area is 59.0 Å². The summed E-state index contributed by atoms with van der Waals surface area (Å²) >= 11 is 0. The summed E-state index contributed by atoms with van der Waals surface area (Å²) in [6.07, 6.45) is 1.30. The number of rotatable bonds is 1. The Balaban J connectivity index is 2.78. The predicted molar refractivity (Wildman–Crippen MR) is 31.8 cm³/mol. The summed E-state index contributed by atoms with van der Waals surface area (Å²) in [6.45, 7) is 0. The maximum atomic E-state index is 10.2. The number of hydrogen-bond acceptors (Lipinski definition) is 5. The van der Waals surface area contributed by atoms with Crippen molar-refractivity contribution in [2.45, 2.75) is 0 Å². The van der Waals surface area contributed by atoms with Crippen LogP contribution in [0.1, 0.15) is 0 Å². The van der Waals surface area contributed by atoms with Crippen LogP contribution in [0.2, 0.25) is 0 Å². The fourth-order valence-electron chi connectivity index (χ4n) is 0.730. The number of aromatic nitrogens is 5. The maximum absolute atomic E-state index is 10.2. The van der Waals surface area contributed by atoms with Crippen molar-refractivity contribution < 1.29 is 4.92 Å². The largest absolute Gasteiger partial charge is 0.482 e. The average molecular weight is 154 g/mol. The van der Waals surface area contributed by atoms with Crippen LogP contribution in [0.4, 0.5) is 5.95 Å². The molecule has 0 aromatic carbocycles. The molecule has 0 unspecified atom stereocenters. The predicted octanol–water partition coefficient (Wildman–Crippen LogP) is -0.639. The van der Waals surface area contributed by atoms with Gasteiger partial charge in [0.25, 0.3) is 0 Å². The zero-order valence-electron chi connectivity index (χ0n) is 5.13. The van der Waals surface area contributed by atoms with Crippen LogP contribution in [0.5, 0.6) is 0 Å². The fourth-order valence-corrected chi connectivity index (χ4v) is 0.730. The molecule has 8 heteroatoms. The second-order valence-corrected chi connectivity index (χ2v) is 1.78. The molecule has 2 aromatic heterocycles. The van der Waals surface area contributed by atoms with Gasteiger partial charge in [0, 0.05) is 0 Å². The van der Waals surface area contributed by atoms with Crippen LogP contribution in [0.25, 0.3) is 5.78 Å². The van der Waals surface area contributed by atoms with Gasteiger partial charge in [-0.15, -0.1) is 0 Å². The van der Waals surface area contributed by atoms with E-state index in [1.807, 2.05) is 0 Å². The molecule has 0 spiro atoms. The zero-order valence-corrected chi connectivity index (χ0v) is 5.13. The molecule has 0 bridgehead atoms. The Morgan fingerprint density at radius 3 is 3.18 bits per heavy atom. The summed E-state index contributed by atoms with van der Waals surface area (Å²) in [4.78, 5) is 13.2. The van der Waals surface area contributed by atoms with Crippen molar-refractivity contribution in [3.63, 3.8) is 0 Å². The molecule has 0 fully saturated rings. The molecule has 2 heterocycles. The highest BCUT2D eigenvalue weighted by molar-refractivity contribution is 5.28. The van der Waals surface area contributed by atoms with Crippen LogP contribution < -0.4 is 0 Å². The Bertz CT molecular complexity index is 401. The lowest BCUT2D eigenvalue weighted by molar-refractivity contribution is -0.395. The van der Waals surface area contributed by atoms with Crippen molar-refractivity contribution in [3.05, 3.63) is 16.4 Å². The third kappa shape index (κ3) is 0.655. The molecule has 8 nitrogen and oxygen atoms in total. The average Bonchev–Trinajstić information content (AvgIpc) is 2.41. The molecule has 0 saturated heterocycles. The number of hydrogen-bond donors (Lipinski definition) is 1. The van der Waals surface area contributed by atoms with Crippen LogP contribution in [-0.2, 0) is 0 Å². The van der Waals surface area contributed by atoms with Crippen molar-refractivity contribution in [1.29, 1.82) is 0 Å². The number of nitrogens with one attached hydrogen (secondary N) is 1. The van der Waals surface area contributed by atoms with Gasteiger partial charge in [0.15, 0.2) is 0 Å². The number of nitro groups is 1. The minimum atomic E-state index is -0.641. The Morgan fingerprint density at radius 2 is 2.45 bits per heavy atom. The van der Waals surface area contributed by atoms with Gasteiger partial charge >= 0.3 is 11.7 Å². The van der Waals surface area contributed by atoms with E-state index in [-0.39, 0.29) is 11.7 Å². The monoisotopic (exact) mass is 154 g/mol. The molecule has 0 radical (unpaired) electrons. The van der Waals surface area contributed by atoms with E-state index in [2.05, 4.69) is 20.3 Å². The van der Waals surface area contributed by atoms with Crippen molar-refractivity contribution in [2.24, 2.45) is 0 Å². The van der Waals surface area contributed by atoms with Crippen molar-refractivity contribution in [2.75, 3.05) is 0 Å². The molecule has 2 rings (SSSR count). The molecular formula is C3H2N6O2. The molecule has 2 aromatic rings. The van der Waals surface area contributed by atoms with Gasteiger partial charge in [-0.2, -0.15) is 4.98 Å². The molecule has 1 N–H and O–H groups in total. The SMILES string of the molecule is O=[N+]([O-])c1nnc2nc[nH]n12. The minimum Gasteiger partial charge on any atom is -0.390 e. The maximum Gasteiger partial charge on any atom is 0.482 e. The van der Waals surface area contributed by atoms with Crippen LogP contribution >= 0.6 is 0 Å². The number of aromatic amines is 1. The quantitative estimate of drug-likeness (QED) is 0.434. The molecule has 0 aliphatic carbocycles. The molecule has 56 valence electrons. The fraction of sp³-hybridized carbons (Fsp3) is 0. The van der Waals surface area contributed by atoms with Gasteiger partial charge in [0.05, 0.1) is 5.10 Å². The number of nitrogens with zero attached hydrogens (tertiary/aromatic N) is 5.